The number of hydrogen-bond donors (Lipinski definition) is 2. The van der Waals surface area contributed by atoms with Gasteiger partial charge in [0.25, 0.3) is 0 Å². The van der Waals surface area contributed by atoms with Gasteiger partial charge in [-0.05, 0) is 19.9 Å². The first-order valence-electron chi connectivity index (χ1n) is 4.08. The fraction of sp³-hybridized carbons (Fsp3) is 1.00. The van der Waals surface area contributed by atoms with Gasteiger partial charge in [-0.15, -0.1) is 0 Å². The van der Waals surface area contributed by atoms with Crippen LogP contribution >= 0.6 is 0 Å². The first-order valence-corrected chi connectivity index (χ1v) is 4.08. The highest BCUT2D eigenvalue weighted by Crippen LogP contribution is 2.43. The minimum absolute atomic E-state index is 0.286. The summed E-state index contributed by atoms with van der Waals surface area (Å²) in [6, 6.07) is 0. The van der Waals surface area contributed by atoms with E-state index in [1.807, 2.05) is 20.9 Å². The monoisotopic (exact) mass is 145 g/mol. The summed E-state index contributed by atoms with van der Waals surface area (Å²) in [5.74, 6) is 0. The van der Waals surface area contributed by atoms with Crippen LogP contribution in [-0.4, -0.2) is 25.3 Å². The second-order valence-electron chi connectivity index (χ2n) is 2.69. The molecule has 0 aromatic heterocycles. The summed E-state index contributed by atoms with van der Waals surface area (Å²) in [5, 5.41) is 11.8. The van der Waals surface area contributed by atoms with Crippen molar-refractivity contribution in [3.05, 3.63) is 0 Å². The third-order valence-corrected chi connectivity index (χ3v) is 1.84. The average molecular weight is 145 g/mol. The van der Waals surface area contributed by atoms with Crippen LogP contribution in [0.1, 0.15) is 26.7 Å². The molecule has 0 aromatic rings. The summed E-state index contributed by atoms with van der Waals surface area (Å²) < 4.78 is 0. The van der Waals surface area contributed by atoms with Crippen LogP contribution in [0.25, 0.3) is 0 Å². The SMILES string of the molecule is CC.CNCC1(CO)CC1. The van der Waals surface area contributed by atoms with E-state index in [4.69, 9.17) is 5.11 Å². The Morgan fingerprint density at radius 1 is 1.40 bits per heavy atom. The minimum Gasteiger partial charge on any atom is -0.396 e. The Morgan fingerprint density at radius 2 is 1.90 bits per heavy atom. The van der Waals surface area contributed by atoms with Gasteiger partial charge < -0.3 is 10.4 Å². The van der Waals surface area contributed by atoms with E-state index in [1.54, 1.807) is 0 Å². The molecule has 1 aliphatic rings. The lowest BCUT2D eigenvalue weighted by atomic mass is 10.1. The number of hydrogen-bond acceptors (Lipinski definition) is 2. The van der Waals surface area contributed by atoms with Crippen LogP contribution in [0.3, 0.4) is 0 Å². The minimum atomic E-state index is 0.286. The van der Waals surface area contributed by atoms with Crippen molar-refractivity contribution in [1.82, 2.24) is 5.32 Å². The van der Waals surface area contributed by atoms with Crippen molar-refractivity contribution in [1.29, 1.82) is 0 Å². The van der Waals surface area contributed by atoms with Gasteiger partial charge in [-0.3, -0.25) is 0 Å². The van der Waals surface area contributed by atoms with Crippen LogP contribution in [-0.2, 0) is 0 Å². The lowest BCUT2D eigenvalue weighted by Gasteiger charge is -2.08. The summed E-state index contributed by atoms with van der Waals surface area (Å²) in [6.07, 6.45) is 2.40. The largest absolute Gasteiger partial charge is 0.396 e. The molecule has 0 amide bonds. The average Bonchev–Trinajstić information content (AvgIpc) is 2.75. The molecule has 1 rings (SSSR count). The number of rotatable bonds is 3. The van der Waals surface area contributed by atoms with Gasteiger partial charge in [0.1, 0.15) is 0 Å². The van der Waals surface area contributed by atoms with E-state index in [0.717, 1.165) is 6.54 Å². The first-order chi connectivity index (χ1) is 4.83. The van der Waals surface area contributed by atoms with E-state index >= 15 is 0 Å². The van der Waals surface area contributed by atoms with Crippen molar-refractivity contribution in [3.63, 3.8) is 0 Å². The maximum Gasteiger partial charge on any atom is 0.0499 e. The van der Waals surface area contributed by atoms with Gasteiger partial charge in [-0.1, -0.05) is 13.8 Å². The standard InChI is InChI=1S/C6H13NO.C2H6/c1-7-4-6(5-8)2-3-6;1-2/h7-8H,2-5H2,1H3;1-2H3. The Hall–Kier alpha value is -0.0800. The van der Waals surface area contributed by atoms with E-state index in [0.29, 0.717) is 6.61 Å². The molecular formula is C8H19NO. The van der Waals surface area contributed by atoms with E-state index in [1.165, 1.54) is 12.8 Å². The van der Waals surface area contributed by atoms with Gasteiger partial charge in [0.2, 0.25) is 0 Å². The molecule has 0 radical (unpaired) electrons. The zero-order chi connectivity index (χ0) is 8.04. The third kappa shape index (κ3) is 2.67. The molecule has 2 heteroatoms. The molecule has 0 bridgehead atoms. The highest BCUT2D eigenvalue weighted by molar-refractivity contribution is 4.93. The summed E-state index contributed by atoms with van der Waals surface area (Å²) >= 11 is 0. The van der Waals surface area contributed by atoms with Crippen LogP contribution in [0, 0.1) is 5.41 Å². The van der Waals surface area contributed by atoms with Gasteiger partial charge >= 0.3 is 0 Å². The van der Waals surface area contributed by atoms with Crippen molar-refractivity contribution < 1.29 is 5.11 Å². The van der Waals surface area contributed by atoms with Crippen LogP contribution in [0.5, 0.6) is 0 Å². The van der Waals surface area contributed by atoms with E-state index in [9.17, 15) is 0 Å². The lowest BCUT2D eigenvalue weighted by Crippen LogP contribution is -2.22. The van der Waals surface area contributed by atoms with E-state index in [-0.39, 0.29) is 5.41 Å². The zero-order valence-electron chi connectivity index (χ0n) is 7.28. The molecule has 0 spiro atoms. The molecule has 1 fully saturated rings. The Morgan fingerprint density at radius 3 is 2.00 bits per heavy atom. The molecule has 10 heavy (non-hydrogen) atoms. The molecule has 0 heterocycles. The molecule has 2 N–H and O–H groups in total. The smallest absolute Gasteiger partial charge is 0.0499 e. The molecule has 0 atom stereocenters. The number of aliphatic hydroxyl groups is 1. The van der Waals surface area contributed by atoms with Gasteiger partial charge in [0.05, 0.1) is 0 Å². The Kier molecular flexibility index (Phi) is 4.65. The van der Waals surface area contributed by atoms with Crippen molar-refractivity contribution >= 4 is 0 Å². The van der Waals surface area contributed by atoms with Crippen LogP contribution in [0.2, 0.25) is 0 Å². The van der Waals surface area contributed by atoms with Crippen molar-refractivity contribution in [2.75, 3.05) is 20.2 Å². The number of aliphatic hydroxyl groups excluding tert-OH is 1. The molecule has 2 nitrogen and oxygen atoms in total. The highest BCUT2D eigenvalue weighted by Gasteiger charge is 2.40. The molecule has 0 aliphatic heterocycles. The Balaban J connectivity index is 0.000000371. The third-order valence-electron chi connectivity index (χ3n) is 1.84. The number of nitrogens with one attached hydrogen (secondary N) is 1. The lowest BCUT2D eigenvalue weighted by molar-refractivity contribution is 0.210. The molecule has 1 saturated carbocycles. The summed E-state index contributed by atoms with van der Waals surface area (Å²) in [6.45, 7) is 5.33. The summed E-state index contributed by atoms with van der Waals surface area (Å²) in [4.78, 5) is 0. The van der Waals surface area contributed by atoms with Gasteiger partial charge in [-0.2, -0.15) is 0 Å². The Labute approximate surface area is 63.6 Å². The molecule has 0 aromatic carbocycles. The second-order valence-corrected chi connectivity index (χ2v) is 2.69. The molecular weight excluding hydrogens is 126 g/mol. The maximum atomic E-state index is 8.75. The van der Waals surface area contributed by atoms with E-state index in [2.05, 4.69) is 5.32 Å². The second kappa shape index (κ2) is 4.69. The fourth-order valence-electron chi connectivity index (χ4n) is 0.943. The molecule has 0 unspecified atom stereocenters. The fourth-order valence-corrected chi connectivity index (χ4v) is 0.943. The molecule has 1 aliphatic carbocycles. The van der Waals surface area contributed by atoms with Crippen molar-refractivity contribution in [2.24, 2.45) is 5.41 Å². The Bertz CT molecular complexity index is 79.3. The normalized spacial score (nSPS) is 19.2. The summed E-state index contributed by atoms with van der Waals surface area (Å²) in [7, 11) is 1.93. The molecule has 0 saturated heterocycles. The quantitative estimate of drug-likeness (QED) is 0.621. The van der Waals surface area contributed by atoms with E-state index < -0.39 is 0 Å². The van der Waals surface area contributed by atoms with Gasteiger partial charge in [0, 0.05) is 18.6 Å². The van der Waals surface area contributed by atoms with Crippen molar-refractivity contribution in [3.8, 4) is 0 Å². The topological polar surface area (TPSA) is 32.3 Å². The van der Waals surface area contributed by atoms with Crippen LogP contribution < -0.4 is 5.32 Å². The maximum absolute atomic E-state index is 8.75. The zero-order valence-corrected chi connectivity index (χ0v) is 7.28. The first kappa shape index (κ1) is 9.92. The van der Waals surface area contributed by atoms with Gasteiger partial charge in [-0.25, -0.2) is 0 Å². The predicted octanol–water partition coefficient (Wildman–Crippen LogP) is 1.00. The van der Waals surface area contributed by atoms with Gasteiger partial charge in [0.15, 0.2) is 0 Å². The van der Waals surface area contributed by atoms with Crippen LogP contribution in [0.4, 0.5) is 0 Å². The predicted molar refractivity (Wildman–Crippen MR) is 44.0 cm³/mol. The van der Waals surface area contributed by atoms with Crippen molar-refractivity contribution in [2.45, 2.75) is 26.7 Å². The molecule has 62 valence electrons. The highest BCUT2D eigenvalue weighted by atomic mass is 16.3. The van der Waals surface area contributed by atoms with Crippen LogP contribution in [0.15, 0.2) is 0 Å². The summed E-state index contributed by atoms with van der Waals surface area (Å²) in [5.41, 5.74) is 0.286.